The molecule has 0 aliphatic heterocycles. The molecule has 0 aromatic carbocycles. The van der Waals surface area contributed by atoms with E-state index in [-0.39, 0.29) is 32.2 Å². The zero-order chi connectivity index (χ0) is 6.73. The summed E-state index contributed by atoms with van der Waals surface area (Å²) in [5.74, 6) is -1.01. The van der Waals surface area contributed by atoms with E-state index in [0.717, 1.165) is 0 Å². The van der Waals surface area contributed by atoms with Gasteiger partial charge in [0.2, 0.25) is 0 Å². The molecular formula is C3HBr3HgO2. The first-order valence-electron chi connectivity index (χ1n) is 1.49. The maximum absolute atomic E-state index is 9.98. The number of hydrogen-bond acceptors (Lipinski definition) is 1. The van der Waals surface area contributed by atoms with Crippen LogP contribution in [0.2, 0.25) is 0 Å². The number of carbonyl (C=O) groups is 1. The molecule has 0 rings (SSSR count). The number of aliphatic carboxylic acids is 1. The van der Waals surface area contributed by atoms with Gasteiger partial charge in [-0.1, -0.05) is 0 Å². The van der Waals surface area contributed by atoms with Gasteiger partial charge in [0.05, 0.1) is 3.39 Å². The zero-order valence-corrected chi connectivity index (χ0v) is 14.5. The van der Waals surface area contributed by atoms with Crippen LogP contribution in [-0.4, -0.2) is 11.1 Å². The fourth-order valence-corrected chi connectivity index (χ4v) is 0.420. The Morgan fingerprint density at radius 3 is 1.56 bits per heavy atom. The second kappa shape index (κ2) is 6.31. The Morgan fingerprint density at radius 2 is 1.56 bits per heavy atom. The van der Waals surface area contributed by atoms with Crippen LogP contribution in [0.1, 0.15) is 0 Å². The SMILES string of the molecule is O=C(O)C(Br)=C(Br)Br.[Hg]. The molecule has 2 nitrogen and oxygen atoms in total. The van der Waals surface area contributed by atoms with Gasteiger partial charge in [0.1, 0.15) is 4.48 Å². The Bertz CT molecular complexity index is 140. The van der Waals surface area contributed by atoms with Crippen LogP contribution in [0.5, 0.6) is 0 Å². The first kappa shape index (κ1) is 13.2. The number of carboxylic acid groups (broad SMARTS) is 1. The van der Waals surface area contributed by atoms with Crippen LogP contribution in [0, 0.1) is 0 Å². The number of hydrogen-bond donors (Lipinski definition) is 1. The van der Waals surface area contributed by atoms with Crippen molar-refractivity contribution in [3.8, 4) is 0 Å². The maximum Gasteiger partial charge on any atom is 0.344 e. The summed E-state index contributed by atoms with van der Waals surface area (Å²) in [6.45, 7) is 0. The third-order valence-electron chi connectivity index (χ3n) is 0.354. The molecule has 1 N–H and O–H groups in total. The largest absolute Gasteiger partial charge is 0.477 e. The summed E-state index contributed by atoms with van der Waals surface area (Å²) in [4.78, 5) is 9.98. The van der Waals surface area contributed by atoms with Gasteiger partial charge in [-0.25, -0.2) is 4.79 Å². The van der Waals surface area contributed by atoms with E-state index in [4.69, 9.17) is 5.11 Å². The summed E-state index contributed by atoms with van der Waals surface area (Å²) in [7, 11) is 0. The van der Waals surface area contributed by atoms with Crippen molar-refractivity contribution in [2.24, 2.45) is 0 Å². The molecule has 0 aromatic rings. The molecule has 0 heterocycles. The average molecular weight is 509 g/mol. The summed E-state index contributed by atoms with van der Waals surface area (Å²) in [6.07, 6.45) is 0. The Hall–Kier alpha value is 1.59. The van der Waals surface area contributed by atoms with Crippen molar-refractivity contribution in [3.63, 3.8) is 0 Å². The second-order valence-electron chi connectivity index (χ2n) is 0.880. The van der Waals surface area contributed by atoms with Crippen molar-refractivity contribution >= 4 is 53.8 Å². The molecule has 6 heteroatoms. The number of halogens is 3. The molecule has 0 atom stereocenters. The van der Waals surface area contributed by atoms with Crippen LogP contribution in [-0.2, 0) is 32.5 Å². The summed E-state index contributed by atoms with van der Waals surface area (Å²) in [5.41, 5.74) is 0. The molecule has 0 aliphatic carbocycles. The number of rotatable bonds is 1. The molecule has 48 valence electrons. The van der Waals surface area contributed by atoms with E-state index in [9.17, 15) is 4.79 Å². The van der Waals surface area contributed by atoms with Gasteiger partial charge in [-0.2, -0.15) is 0 Å². The monoisotopic (exact) mass is 508 g/mol. The second-order valence-corrected chi connectivity index (χ2v) is 4.32. The van der Waals surface area contributed by atoms with Crippen LogP contribution in [0.25, 0.3) is 0 Å². The Morgan fingerprint density at radius 1 is 1.22 bits per heavy atom. The molecule has 0 fully saturated rings. The quantitative estimate of drug-likeness (QED) is 0.436. The molecule has 9 heavy (non-hydrogen) atoms. The van der Waals surface area contributed by atoms with Gasteiger partial charge in [0.15, 0.2) is 0 Å². The molecular weight excluding hydrogens is 508 g/mol. The predicted octanol–water partition coefficient (Wildman–Crippen LogP) is 2.42. The summed E-state index contributed by atoms with van der Waals surface area (Å²) < 4.78 is 0.481. The molecule has 0 amide bonds. The normalized spacial score (nSPS) is 7.44. The Kier molecular flexibility index (Phi) is 9.24. The molecule has 0 aromatic heterocycles. The molecule has 0 spiro atoms. The molecule has 0 saturated carbocycles. The maximum atomic E-state index is 9.98. The van der Waals surface area contributed by atoms with E-state index in [2.05, 4.69) is 47.8 Å². The van der Waals surface area contributed by atoms with Gasteiger partial charge >= 0.3 is 5.97 Å². The van der Waals surface area contributed by atoms with Crippen molar-refractivity contribution < 1.29 is 37.6 Å². The van der Waals surface area contributed by atoms with Gasteiger partial charge in [-0.3, -0.25) is 0 Å². The minimum Gasteiger partial charge on any atom is -0.477 e. The van der Waals surface area contributed by atoms with Crippen molar-refractivity contribution in [2.75, 3.05) is 0 Å². The third kappa shape index (κ3) is 6.00. The van der Waals surface area contributed by atoms with Crippen molar-refractivity contribution in [3.05, 3.63) is 7.87 Å². The van der Waals surface area contributed by atoms with Crippen LogP contribution in [0.15, 0.2) is 7.87 Å². The van der Waals surface area contributed by atoms with Crippen LogP contribution >= 0.6 is 47.8 Å². The number of carboxylic acids is 1. The molecule has 0 aliphatic rings. The minimum atomic E-state index is -1.01. The summed E-state index contributed by atoms with van der Waals surface area (Å²) in [6, 6.07) is 0. The van der Waals surface area contributed by atoms with E-state index in [1.165, 1.54) is 0 Å². The standard InChI is InChI=1S/C3HBr3O2.Hg/c4-1(2(5)6)3(7)8;/h(H,7,8);. The van der Waals surface area contributed by atoms with E-state index in [1.54, 1.807) is 0 Å². The first-order chi connectivity index (χ1) is 3.55. The van der Waals surface area contributed by atoms with E-state index < -0.39 is 5.97 Å². The Labute approximate surface area is 98.0 Å². The van der Waals surface area contributed by atoms with Gasteiger partial charge in [0.25, 0.3) is 0 Å². The van der Waals surface area contributed by atoms with Crippen LogP contribution < -0.4 is 0 Å². The van der Waals surface area contributed by atoms with Gasteiger partial charge < -0.3 is 5.11 Å². The fourth-order valence-electron chi connectivity index (χ4n) is 0.0808. The van der Waals surface area contributed by atoms with Crippen molar-refractivity contribution in [1.29, 1.82) is 0 Å². The predicted molar refractivity (Wildman–Crippen MR) is 41.4 cm³/mol. The third-order valence-corrected chi connectivity index (χ3v) is 2.95. The molecule has 0 unspecified atom stereocenters. The zero-order valence-electron chi connectivity index (χ0n) is 4.20. The summed E-state index contributed by atoms with van der Waals surface area (Å²) >= 11 is 8.61. The van der Waals surface area contributed by atoms with E-state index >= 15 is 0 Å². The van der Waals surface area contributed by atoms with Crippen molar-refractivity contribution in [2.45, 2.75) is 0 Å². The van der Waals surface area contributed by atoms with Gasteiger partial charge in [-0.05, 0) is 47.8 Å². The van der Waals surface area contributed by atoms with Crippen molar-refractivity contribution in [1.82, 2.24) is 0 Å². The average Bonchev–Trinajstić information content (AvgIpc) is 1.64. The van der Waals surface area contributed by atoms with E-state index in [1.807, 2.05) is 0 Å². The summed E-state index contributed by atoms with van der Waals surface area (Å²) in [5, 5.41) is 8.19. The van der Waals surface area contributed by atoms with Crippen LogP contribution in [0.3, 0.4) is 0 Å². The topological polar surface area (TPSA) is 37.3 Å². The molecule has 0 bridgehead atoms. The van der Waals surface area contributed by atoms with Crippen LogP contribution in [0.4, 0.5) is 0 Å². The van der Waals surface area contributed by atoms with Gasteiger partial charge in [-0.15, -0.1) is 0 Å². The Balaban J connectivity index is 0. The van der Waals surface area contributed by atoms with E-state index in [0.29, 0.717) is 3.39 Å². The fraction of sp³-hybridized carbons (Fsp3) is 0. The molecule has 0 saturated heterocycles. The minimum absolute atomic E-state index is 0. The van der Waals surface area contributed by atoms with Gasteiger partial charge in [0, 0.05) is 27.7 Å². The first-order valence-corrected chi connectivity index (χ1v) is 3.87. The smallest absolute Gasteiger partial charge is 0.344 e. The molecule has 0 radical (unpaired) electrons.